The number of nitrogens with one attached hydrogen (secondary N) is 1. The maximum atomic E-state index is 11.5. The summed E-state index contributed by atoms with van der Waals surface area (Å²) >= 11 is 0. The molecular weight excluding hydrogens is 214 g/mol. The van der Waals surface area contributed by atoms with E-state index in [-0.39, 0.29) is 11.9 Å². The van der Waals surface area contributed by atoms with Gasteiger partial charge in [-0.15, -0.1) is 0 Å². The molecule has 0 aliphatic heterocycles. The molecule has 1 saturated carbocycles. The van der Waals surface area contributed by atoms with E-state index in [1.54, 1.807) is 0 Å². The summed E-state index contributed by atoms with van der Waals surface area (Å²) < 4.78 is 0. The fourth-order valence-electron chi connectivity index (χ4n) is 2.35. The van der Waals surface area contributed by atoms with E-state index in [2.05, 4.69) is 17.3 Å². The van der Waals surface area contributed by atoms with Crippen LogP contribution in [0.4, 0.5) is 0 Å². The van der Waals surface area contributed by atoms with Crippen molar-refractivity contribution < 1.29 is 4.79 Å². The van der Waals surface area contributed by atoms with E-state index in [9.17, 15) is 4.79 Å². The lowest BCUT2D eigenvalue weighted by atomic mass is 10.2. The molecule has 3 N–H and O–H groups in total. The summed E-state index contributed by atoms with van der Waals surface area (Å²) in [7, 11) is 2.16. The number of hydrogen-bond donors (Lipinski definition) is 2. The van der Waals surface area contributed by atoms with Crippen molar-refractivity contribution in [2.75, 3.05) is 20.1 Å². The minimum absolute atomic E-state index is 0.113. The Balaban J connectivity index is 2.04. The molecular formula is C13H27N3O. The van der Waals surface area contributed by atoms with E-state index in [4.69, 9.17) is 5.73 Å². The van der Waals surface area contributed by atoms with Crippen LogP contribution in [0.2, 0.25) is 0 Å². The van der Waals surface area contributed by atoms with Gasteiger partial charge in [-0.25, -0.2) is 0 Å². The van der Waals surface area contributed by atoms with E-state index >= 15 is 0 Å². The Bertz CT molecular complexity index is 225. The molecule has 0 radical (unpaired) electrons. The highest BCUT2D eigenvalue weighted by Crippen LogP contribution is 2.21. The highest BCUT2D eigenvalue weighted by atomic mass is 16.1. The summed E-state index contributed by atoms with van der Waals surface area (Å²) in [6.45, 7) is 3.64. The third-order valence-corrected chi connectivity index (χ3v) is 3.56. The van der Waals surface area contributed by atoms with Crippen molar-refractivity contribution in [2.45, 2.75) is 57.5 Å². The molecule has 0 heterocycles. The Morgan fingerprint density at radius 1 is 1.47 bits per heavy atom. The average Bonchev–Trinajstić information content (AvgIpc) is 2.79. The topological polar surface area (TPSA) is 58.4 Å². The van der Waals surface area contributed by atoms with E-state index in [0.717, 1.165) is 25.6 Å². The van der Waals surface area contributed by atoms with Crippen molar-refractivity contribution in [1.29, 1.82) is 0 Å². The summed E-state index contributed by atoms with van der Waals surface area (Å²) in [6, 6.07) is 0.845. The zero-order valence-electron chi connectivity index (χ0n) is 11.2. The summed E-state index contributed by atoms with van der Waals surface area (Å²) in [6.07, 6.45) is 6.66. The monoisotopic (exact) mass is 241 g/mol. The molecule has 1 amide bonds. The van der Waals surface area contributed by atoms with Crippen LogP contribution < -0.4 is 11.1 Å². The maximum Gasteiger partial charge on any atom is 0.220 e. The number of carbonyl (C=O) groups is 1. The number of likely N-dealkylation sites (N-methyl/N-ethyl adjacent to an activating group) is 1. The number of amides is 1. The average molecular weight is 241 g/mol. The van der Waals surface area contributed by atoms with Crippen molar-refractivity contribution in [3.63, 3.8) is 0 Å². The van der Waals surface area contributed by atoms with Gasteiger partial charge in [0.2, 0.25) is 5.91 Å². The number of carbonyl (C=O) groups excluding carboxylic acids is 1. The molecule has 0 aromatic carbocycles. The zero-order valence-corrected chi connectivity index (χ0v) is 11.2. The molecule has 0 aromatic rings. The summed E-state index contributed by atoms with van der Waals surface area (Å²) in [5, 5.41) is 2.96. The minimum atomic E-state index is 0.113. The molecule has 1 atom stereocenters. The Morgan fingerprint density at radius 2 is 2.12 bits per heavy atom. The second-order valence-corrected chi connectivity index (χ2v) is 5.28. The summed E-state index contributed by atoms with van der Waals surface area (Å²) in [5.41, 5.74) is 5.61. The van der Waals surface area contributed by atoms with E-state index in [1.807, 2.05) is 6.92 Å². The van der Waals surface area contributed by atoms with Gasteiger partial charge < -0.3 is 16.0 Å². The van der Waals surface area contributed by atoms with Crippen molar-refractivity contribution in [1.82, 2.24) is 10.2 Å². The quantitative estimate of drug-likeness (QED) is 0.702. The number of nitrogens with zero attached hydrogens (tertiary/aromatic N) is 1. The van der Waals surface area contributed by atoms with Crippen molar-refractivity contribution in [3.8, 4) is 0 Å². The Labute approximate surface area is 105 Å². The molecule has 100 valence electrons. The Morgan fingerprint density at radius 3 is 2.71 bits per heavy atom. The highest BCUT2D eigenvalue weighted by molar-refractivity contribution is 5.75. The van der Waals surface area contributed by atoms with Crippen molar-refractivity contribution in [3.05, 3.63) is 0 Å². The summed E-state index contributed by atoms with van der Waals surface area (Å²) in [5.74, 6) is 0.127. The van der Waals surface area contributed by atoms with Crippen LogP contribution in [0, 0.1) is 0 Å². The van der Waals surface area contributed by atoms with Gasteiger partial charge in [0.1, 0.15) is 0 Å². The molecule has 1 unspecified atom stereocenters. The summed E-state index contributed by atoms with van der Waals surface area (Å²) in [4.78, 5) is 13.8. The third-order valence-electron chi connectivity index (χ3n) is 3.56. The third kappa shape index (κ3) is 6.03. The second kappa shape index (κ2) is 7.67. The lowest BCUT2D eigenvalue weighted by Crippen LogP contribution is -2.37. The first kappa shape index (κ1) is 14.5. The van der Waals surface area contributed by atoms with Gasteiger partial charge in [-0.1, -0.05) is 12.8 Å². The molecule has 4 nitrogen and oxygen atoms in total. The fraction of sp³-hybridized carbons (Fsp3) is 0.923. The number of nitrogens with two attached hydrogens (primary N) is 1. The van der Waals surface area contributed by atoms with Gasteiger partial charge in [-0.05, 0) is 33.2 Å². The van der Waals surface area contributed by atoms with Gasteiger partial charge >= 0.3 is 0 Å². The molecule has 0 bridgehead atoms. The number of rotatable bonds is 7. The highest BCUT2D eigenvalue weighted by Gasteiger charge is 2.18. The smallest absolute Gasteiger partial charge is 0.220 e. The van der Waals surface area contributed by atoms with E-state index in [0.29, 0.717) is 6.42 Å². The first-order valence-corrected chi connectivity index (χ1v) is 6.82. The van der Waals surface area contributed by atoms with Crippen LogP contribution in [-0.4, -0.2) is 43.0 Å². The molecule has 0 aromatic heterocycles. The van der Waals surface area contributed by atoms with Crippen molar-refractivity contribution in [2.24, 2.45) is 5.73 Å². The Kier molecular flexibility index (Phi) is 6.52. The molecule has 1 aliphatic carbocycles. The van der Waals surface area contributed by atoms with E-state index in [1.165, 1.54) is 25.7 Å². The second-order valence-electron chi connectivity index (χ2n) is 5.28. The van der Waals surface area contributed by atoms with Gasteiger partial charge in [0.05, 0.1) is 0 Å². The van der Waals surface area contributed by atoms with Crippen LogP contribution in [0.25, 0.3) is 0 Å². The maximum absolute atomic E-state index is 11.5. The molecule has 17 heavy (non-hydrogen) atoms. The molecule has 1 aliphatic rings. The van der Waals surface area contributed by atoms with Gasteiger partial charge in [0.15, 0.2) is 0 Å². The van der Waals surface area contributed by atoms with Crippen LogP contribution in [0.15, 0.2) is 0 Å². The van der Waals surface area contributed by atoms with Crippen LogP contribution in [0.3, 0.4) is 0 Å². The lowest BCUT2D eigenvalue weighted by Gasteiger charge is -2.23. The van der Waals surface area contributed by atoms with Gasteiger partial charge in [0, 0.05) is 31.6 Å². The van der Waals surface area contributed by atoms with Crippen molar-refractivity contribution >= 4 is 5.91 Å². The largest absolute Gasteiger partial charge is 0.355 e. The lowest BCUT2D eigenvalue weighted by molar-refractivity contribution is -0.121. The number of hydrogen-bond acceptors (Lipinski definition) is 3. The standard InChI is InChI=1S/C13H27N3O/c1-11(14)7-8-13(17)15-9-10-16(2)12-5-3-4-6-12/h11-12H,3-10,14H2,1-2H3,(H,15,17). The zero-order chi connectivity index (χ0) is 12.7. The predicted molar refractivity (Wildman–Crippen MR) is 70.8 cm³/mol. The molecule has 1 rings (SSSR count). The van der Waals surface area contributed by atoms with Crippen LogP contribution in [0.5, 0.6) is 0 Å². The SMILES string of the molecule is CC(N)CCC(=O)NCCN(C)C1CCCC1. The minimum Gasteiger partial charge on any atom is -0.355 e. The molecule has 1 fully saturated rings. The molecule has 4 heteroatoms. The normalized spacial score (nSPS) is 18.6. The first-order chi connectivity index (χ1) is 8.09. The predicted octanol–water partition coefficient (Wildman–Crippen LogP) is 1.10. The van der Waals surface area contributed by atoms with E-state index < -0.39 is 0 Å². The fourth-order valence-corrected chi connectivity index (χ4v) is 2.35. The van der Waals surface area contributed by atoms with Gasteiger partial charge in [0.25, 0.3) is 0 Å². The molecule has 0 saturated heterocycles. The first-order valence-electron chi connectivity index (χ1n) is 6.82. The van der Waals surface area contributed by atoms with Crippen LogP contribution in [0.1, 0.15) is 45.4 Å². The molecule has 0 spiro atoms. The van der Waals surface area contributed by atoms with Crippen LogP contribution in [-0.2, 0) is 4.79 Å². The van der Waals surface area contributed by atoms with Crippen LogP contribution >= 0.6 is 0 Å². The Hall–Kier alpha value is -0.610. The van der Waals surface area contributed by atoms with Gasteiger partial charge in [-0.3, -0.25) is 4.79 Å². The van der Waals surface area contributed by atoms with Gasteiger partial charge in [-0.2, -0.15) is 0 Å².